The van der Waals surface area contributed by atoms with Crippen molar-refractivity contribution < 1.29 is 4.79 Å². The quantitative estimate of drug-likeness (QED) is 0.670. The lowest BCUT2D eigenvalue weighted by molar-refractivity contribution is -0.133. The standard InChI is InChI=1S/C25H28N4O/c1-27-15-21(14-26-27)24-12-7-13-28(24)18-25(30)29-16-20-10-5-6-11-22(20)23(17-29)19-8-3-2-4-9-19/h2-6,8-11,14-15,23-24H,7,12-13,16-18H2,1H3. The van der Waals surface area contributed by atoms with Crippen LogP contribution in [0.2, 0.25) is 0 Å². The van der Waals surface area contributed by atoms with Gasteiger partial charge in [-0.05, 0) is 36.1 Å². The molecule has 2 aliphatic rings. The Morgan fingerprint density at radius 1 is 1.07 bits per heavy atom. The number of rotatable bonds is 4. The van der Waals surface area contributed by atoms with Crippen molar-refractivity contribution >= 4 is 5.91 Å². The zero-order valence-electron chi connectivity index (χ0n) is 17.4. The first-order chi connectivity index (χ1) is 14.7. The minimum absolute atomic E-state index is 0.223. The summed E-state index contributed by atoms with van der Waals surface area (Å²) in [7, 11) is 1.95. The number of hydrogen-bond acceptors (Lipinski definition) is 3. The fourth-order valence-corrected chi connectivity index (χ4v) is 5.05. The van der Waals surface area contributed by atoms with E-state index in [4.69, 9.17) is 0 Å². The second kappa shape index (κ2) is 8.07. The van der Waals surface area contributed by atoms with Gasteiger partial charge in [0, 0.05) is 43.9 Å². The van der Waals surface area contributed by atoms with Crippen LogP contribution in [-0.4, -0.2) is 45.1 Å². The lowest BCUT2D eigenvalue weighted by Gasteiger charge is -2.36. The summed E-state index contributed by atoms with van der Waals surface area (Å²) in [6.45, 7) is 2.88. The summed E-state index contributed by atoms with van der Waals surface area (Å²) in [6.07, 6.45) is 6.24. The van der Waals surface area contributed by atoms with Crippen molar-refractivity contribution in [2.24, 2.45) is 7.05 Å². The first kappa shape index (κ1) is 19.1. The zero-order valence-corrected chi connectivity index (χ0v) is 17.4. The monoisotopic (exact) mass is 400 g/mol. The summed E-state index contributed by atoms with van der Waals surface area (Å²) in [5.41, 5.74) is 5.10. The Bertz CT molecular complexity index is 1030. The minimum Gasteiger partial charge on any atom is -0.336 e. The molecule has 2 aliphatic heterocycles. The van der Waals surface area contributed by atoms with Gasteiger partial charge in [-0.15, -0.1) is 0 Å². The Balaban J connectivity index is 1.36. The van der Waals surface area contributed by atoms with Crippen LogP contribution in [0.15, 0.2) is 67.0 Å². The van der Waals surface area contributed by atoms with Gasteiger partial charge in [0.1, 0.15) is 0 Å². The highest BCUT2D eigenvalue weighted by atomic mass is 16.2. The van der Waals surface area contributed by atoms with Gasteiger partial charge in [-0.2, -0.15) is 5.10 Å². The maximum atomic E-state index is 13.4. The van der Waals surface area contributed by atoms with Gasteiger partial charge in [0.15, 0.2) is 0 Å². The molecule has 0 radical (unpaired) electrons. The van der Waals surface area contributed by atoms with Crippen LogP contribution in [0.3, 0.4) is 0 Å². The Hall–Kier alpha value is -2.92. The maximum Gasteiger partial charge on any atom is 0.237 e. The maximum absolute atomic E-state index is 13.4. The smallest absolute Gasteiger partial charge is 0.237 e. The molecule has 30 heavy (non-hydrogen) atoms. The average Bonchev–Trinajstić information content (AvgIpc) is 3.42. The number of benzene rings is 2. The second-order valence-electron chi connectivity index (χ2n) is 8.51. The number of amides is 1. The molecule has 5 nitrogen and oxygen atoms in total. The molecule has 5 heteroatoms. The highest BCUT2D eigenvalue weighted by molar-refractivity contribution is 5.79. The van der Waals surface area contributed by atoms with E-state index in [9.17, 15) is 4.79 Å². The Morgan fingerprint density at radius 3 is 2.67 bits per heavy atom. The SMILES string of the molecule is Cn1cc(C2CCCN2CC(=O)N2Cc3ccccc3C(c3ccccc3)C2)cn1. The third-order valence-electron chi connectivity index (χ3n) is 6.56. The van der Waals surface area contributed by atoms with Crippen LogP contribution in [0, 0.1) is 0 Å². The summed E-state index contributed by atoms with van der Waals surface area (Å²) in [5.74, 6) is 0.453. The van der Waals surface area contributed by atoms with Crippen molar-refractivity contribution in [1.82, 2.24) is 19.6 Å². The summed E-state index contributed by atoms with van der Waals surface area (Å²) < 4.78 is 1.85. The van der Waals surface area contributed by atoms with Gasteiger partial charge in [0.05, 0.1) is 12.7 Å². The average molecular weight is 401 g/mol. The summed E-state index contributed by atoms with van der Waals surface area (Å²) in [6, 6.07) is 19.4. The Labute approximate surface area is 177 Å². The minimum atomic E-state index is 0.223. The van der Waals surface area contributed by atoms with Crippen molar-refractivity contribution in [2.75, 3.05) is 19.6 Å². The van der Waals surface area contributed by atoms with E-state index in [-0.39, 0.29) is 11.8 Å². The number of nitrogens with zero attached hydrogens (tertiary/aromatic N) is 4. The highest BCUT2D eigenvalue weighted by Crippen LogP contribution is 2.35. The van der Waals surface area contributed by atoms with Gasteiger partial charge in [0.2, 0.25) is 5.91 Å². The van der Waals surface area contributed by atoms with Crippen LogP contribution in [-0.2, 0) is 18.4 Å². The van der Waals surface area contributed by atoms with Crippen LogP contribution in [0.25, 0.3) is 0 Å². The topological polar surface area (TPSA) is 41.4 Å². The zero-order chi connectivity index (χ0) is 20.5. The lowest BCUT2D eigenvalue weighted by Crippen LogP contribution is -2.44. The molecule has 1 saturated heterocycles. The second-order valence-corrected chi connectivity index (χ2v) is 8.51. The van der Waals surface area contributed by atoms with E-state index in [2.05, 4.69) is 69.6 Å². The number of aryl methyl sites for hydroxylation is 1. The molecule has 1 aromatic heterocycles. The van der Waals surface area contributed by atoms with Gasteiger partial charge < -0.3 is 4.90 Å². The van der Waals surface area contributed by atoms with Crippen molar-refractivity contribution in [2.45, 2.75) is 31.3 Å². The molecule has 154 valence electrons. The van der Waals surface area contributed by atoms with E-state index >= 15 is 0 Å². The Kier molecular flexibility index (Phi) is 5.13. The van der Waals surface area contributed by atoms with Gasteiger partial charge in [-0.25, -0.2) is 0 Å². The highest BCUT2D eigenvalue weighted by Gasteiger charge is 2.33. The van der Waals surface area contributed by atoms with Gasteiger partial charge in [0.25, 0.3) is 0 Å². The number of hydrogen-bond donors (Lipinski definition) is 0. The summed E-state index contributed by atoms with van der Waals surface area (Å²) >= 11 is 0. The molecule has 0 aliphatic carbocycles. The third-order valence-corrected chi connectivity index (χ3v) is 6.56. The van der Waals surface area contributed by atoms with E-state index in [1.807, 2.05) is 24.0 Å². The van der Waals surface area contributed by atoms with Gasteiger partial charge in [-0.1, -0.05) is 54.6 Å². The normalized spacial score (nSPS) is 21.6. The van der Waals surface area contributed by atoms with Crippen molar-refractivity contribution in [3.8, 4) is 0 Å². The number of aromatic nitrogens is 2. The molecule has 2 atom stereocenters. The molecule has 1 amide bonds. The number of carbonyl (C=O) groups excluding carboxylic acids is 1. The molecule has 0 N–H and O–H groups in total. The molecule has 3 heterocycles. The lowest BCUT2D eigenvalue weighted by atomic mass is 9.84. The molecule has 5 rings (SSSR count). The molecule has 0 spiro atoms. The van der Waals surface area contributed by atoms with Crippen molar-refractivity contribution in [3.63, 3.8) is 0 Å². The van der Waals surface area contributed by atoms with E-state index in [0.717, 1.165) is 25.9 Å². The summed E-state index contributed by atoms with van der Waals surface area (Å²) in [5, 5.41) is 4.33. The van der Waals surface area contributed by atoms with E-state index in [0.29, 0.717) is 19.1 Å². The third kappa shape index (κ3) is 3.65. The molecular formula is C25H28N4O. The van der Waals surface area contributed by atoms with Gasteiger partial charge in [-0.3, -0.25) is 14.4 Å². The Morgan fingerprint density at radius 2 is 1.87 bits per heavy atom. The van der Waals surface area contributed by atoms with Crippen LogP contribution in [0.4, 0.5) is 0 Å². The molecule has 1 fully saturated rings. The molecule has 2 aromatic carbocycles. The number of carbonyl (C=O) groups is 1. The van der Waals surface area contributed by atoms with Crippen LogP contribution < -0.4 is 0 Å². The van der Waals surface area contributed by atoms with Crippen LogP contribution in [0.5, 0.6) is 0 Å². The van der Waals surface area contributed by atoms with Crippen molar-refractivity contribution in [1.29, 1.82) is 0 Å². The molecule has 3 aromatic rings. The van der Waals surface area contributed by atoms with Crippen molar-refractivity contribution in [3.05, 3.63) is 89.2 Å². The summed E-state index contributed by atoms with van der Waals surface area (Å²) in [4.78, 5) is 17.8. The number of likely N-dealkylation sites (tertiary alicyclic amines) is 1. The predicted octanol–water partition coefficient (Wildman–Crippen LogP) is 3.73. The van der Waals surface area contributed by atoms with Crippen LogP contribution in [0.1, 0.15) is 47.1 Å². The molecule has 0 bridgehead atoms. The van der Waals surface area contributed by atoms with Crippen LogP contribution >= 0.6 is 0 Å². The fraction of sp³-hybridized carbons (Fsp3) is 0.360. The molecule has 2 unspecified atom stereocenters. The predicted molar refractivity (Wildman–Crippen MR) is 117 cm³/mol. The van der Waals surface area contributed by atoms with Gasteiger partial charge >= 0.3 is 0 Å². The molecular weight excluding hydrogens is 372 g/mol. The van der Waals surface area contributed by atoms with E-state index in [1.54, 1.807) is 0 Å². The van der Waals surface area contributed by atoms with E-state index < -0.39 is 0 Å². The van der Waals surface area contributed by atoms with E-state index in [1.165, 1.54) is 22.3 Å². The number of fused-ring (bicyclic) bond motifs is 1. The first-order valence-corrected chi connectivity index (χ1v) is 10.8. The molecule has 0 saturated carbocycles. The largest absolute Gasteiger partial charge is 0.336 e. The fourth-order valence-electron chi connectivity index (χ4n) is 5.05. The first-order valence-electron chi connectivity index (χ1n) is 10.8.